The fraction of sp³-hybridized carbons (Fsp3) is 0. The maximum atomic E-state index is 6.14. The second kappa shape index (κ2) is 27.9. The van der Waals surface area contributed by atoms with Crippen LogP contribution in [-0.2, 0) is 0 Å². The van der Waals surface area contributed by atoms with Crippen LogP contribution in [-0.4, -0.2) is 48.6 Å². The Morgan fingerprint density at radius 3 is 1.09 bits per heavy atom. The fourth-order valence-electron chi connectivity index (χ4n) is 14.2. The van der Waals surface area contributed by atoms with Gasteiger partial charge in [-0.1, -0.05) is 291 Å². The molecule has 0 amide bonds. The van der Waals surface area contributed by atoms with Crippen molar-refractivity contribution in [3.8, 4) is 108 Å². The maximum Gasteiger partial charge on any atom is 0.164 e. The third-order valence-electron chi connectivity index (χ3n) is 19.2. The summed E-state index contributed by atoms with van der Waals surface area (Å²) < 4.78 is 6.95. The van der Waals surface area contributed by atoms with Gasteiger partial charge in [-0.05, 0) is 107 Å². The van der Waals surface area contributed by atoms with E-state index < -0.39 is 0 Å². The minimum Gasteiger partial charge on any atom is -0.354 e. The minimum absolute atomic E-state index is 0.607. The van der Waals surface area contributed by atoms with Gasteiger partial charge in [-0.25, -0.2) is 29.9 Å². The Labute approximate surface area is 610 Å². The summed E-state index contributed by atoms with van der Waals surface area (Å²) in [4.78, 5) is 32.6. The van der Waals surface area contributed by atoms with Gasteiger partial charge >= 0.3 is 0 Å². The van der Waals surface area contributed by atoms with Crippen LogP contribution < -0.4 is 0 Å². The van der Waals surface area contributed by atoms with Crippen LogP contribution in [0.2, 0.25) is 5.02 Å². The molecule has 1 N–H and O–H groups in total. The first-order chi connectivity index (χ1) is 52.0. The topological polar surface area (TPSA) is 108 Å². The van der Waals surface area contributed by atoms with Gasteiger partial charge in [0, 0.05) is 106 Å². The summed E-state index contributed by atoms with van der Waals surface area (Å²) >= 11 is 6.14. The van der Waals surface area contributed by atoms with Crippen molar-refractivity contribution in [2.45, 2.75) is 0 Å². The lowest BCUT2D eigenvalue weighted by Crippen LogP contribution is -2.01. The monoisotopic (exact) mass is 1370 g/mol. The summed E-state index contributed by atoms with van der Waals surface area (Å²) in [7, 11) is 0. The van der Waals surface area contributed by atoms with Crippen LogP contribution in [0.4, 0.5) is 0 Å². The summed E-state index contributed by atoms with van der Waals surface area (Å²) in [5.74, 6) is 3.81. The zero-order valence-corrected chi connectivity index (χ0v) is 57.5. The highest BCUT2D eigenvalue weighted by atomic mass is 35.5. The molecule has 0 aliphatic rings. The Hall–Kier alpha value is -13.9. The van der Waals surface area contributed by atoms with E-state index in [1.807, 2.05) is 146 Å². The first-order valence-electron chi connectivity index (χ1n) is 34.9. The molecule has 10 nitrogen and oxygen atoms in total. The molecule has 0 aliphatic carbocycles. The van der Waals surface area contributed by atoms with Crippen LogP contribution in [0.3, 0.4) is 0 Å². The van der Waals surface area contributed by atoms with Gasteiger partial charge in [0.1, 0.15) is 0 Å². The van der Waals surface area contributed by atoms with Gasteiger partial charge in [0.05, 0.1) is 27.6 Å². The van der Waals surface area contributed by atoms with Crippen molar-refractivity contribution in [3.05, 3.63) is 381 Å². The third-order valence-corrected chi connectivity index (χ3v) is 19.4. The van der Waals surface area contributed by atoms with E-state index >= 15 is 0 Å². The van der Waals surface area contributed by atoms with Crippen LogP contribution in [0.25, 0.3) is 173 Å². The lowest BCUT2D eigenvalue weighted by molar-refractivity contribution is 1.07. The molecule has 0 bridgehead atoms. The molecule has 0 radical (unpaired) electrons. The number of benzene rings is 14. The second-order valence-corrected chi connectivity index (χ2v) is 26.1. The van der Waals surface area contributed by atoms with Gasteiger partial charge in [0.25, 0.3) is 0 Å². The zero-order chi connectivity index (χ0) is 70.0. The van der Waals surface area contributed by atoms with Crippen molar-refractivity contribution >= 4 is 77.0 Å². The minimum atomic E-state index is 0.607. The Kier molecular flexibility index (Phi) is 16.8. The highest BCUT2D eigenvalue weighted by molar-refractivity contribution is 6.30. The fourth-order valence-corrected chi connectivity index (χ4v) is 14.3. The van der Waals surface area contributed by atoms with E-state index in [1.165, 1.54) is 82.3 Å². The quantitative estimate of drug-likeness (QED) is 0.138. The van der Waals surface area contributed by atoms with Crippen molar-refractivity contribution in [2.75, 3.05) is 0 Å². The normalized spacial score (nSPS) is 11.3. The SMILES string of the molecule is Clc1cccc(-c2nc(-c3ccccc3)nc(-c3ccccc3)n2)c1.c1ccc(-c2cccc(-n3ccc4c3ccc3c5ccccc5n(-c5cccc(-c6nc(-c7ccccc7)nc(-c7ccccc7)n6)c5)c34)c2)cc1.c1ccc(-c2cccc(-n3ccc4c5[nH]c6ccccc6c5ccc43)c2)cc1. The van der Waals surface area contributed by atoms with Gasteiger partial charge in [-0.2, -0.15) is 0 Å². The molecule has 0 spiro atoms. The molecule has 6 aromatic heterocycles. The molecule has 14 aromatic carbocycles. The average molecular weight is 1370 g/mol. The second-order valence-electron chi connectivity index (χ2n) is 25.7. The molecule has 0 fully saturated rings. The smallest absolute Gasteiger partial charge is 0.164 e. The van der Waals surface area contributed by atoms with Gasteiger partial charge < -0.3 is 18.7 Å². The number of halogens is 1. The number of fused-ring (bicyclic) bond motifs is 10. The standard InChI is InChI=1S/C47H31N5.C26H18N2.C21H14ClN3/c1-4-14-32(15-5-1)35-20-12-22-37(30-35)51-29-28-41-42(51)27-26-40-39-24-10-11-25-43(39)52(44(40)41)38-23-13-21-36(31-38)47-49-45(33-16-6-2-7-17-33)48-46(50-47)34-18-8-3-9-19-34;1-2-7-18(8-3-1)19-9-6-10-20(17-19)28-16-15-23-25(28)14-13-22-21-11-4-5-12-24(21)27-26(22)23;22-18-13-7-12-17(14-18)21-24-19(15-8-3-1-4-9-15)23-20(25-21)16-10-5-2-6-11-16/h1-31H;1-17,27H;1-14H. The van der Waals surface area contributed by atoms with Crippen molar-refractivity contribution < 1.29 is 0 Å². The first kappa shape index (κ1) is 63.3. The highest BCUT2D eigenvalue weighted by Crippen LogP contribution is 2.40. The molecule has 20 rings (SSSR count). The molecule has 20 aromatic rings. The Bertz CT molecular complexity index is 6420. The molecule has 0 saturated heterocycles. The first-order valence-corrected chi connectivity index (χ1v) is 35.3. The summed E-state index contributed by atoms with van der Waals surface area (Å²) in [5, 5.41) is 8.06. The van der Waals surface area contributed by atoms with E-state index in [0.717, 1.165) is 55.8 Å². The molecule has 496 valence electrons. The van der Waals surface area contributed by atoms with E-state index in [9.17, 15) is 0 Å². The predicted octanol–water partition coefficient (Wildman–Crippen LogP) is 24.0. The van der Waals surface area contributed by atoms with Crippen LogP contribution in [0, 0.1) is 0 Å². The van der Waals surface area contributed by atoms with E-state index in [-0.39, 0.29) is 0 Å². The van der Waals surface area contributed by atoms with Gasteiger partial charge in [0.15, 0.2) is 34.9 Å². The molecule has 0 aliphatic heterocycles. The number of aromatic nitrogens is 10. The summed E-state index contributed by atoms with van der Waals surface area (Å²) in [5.41, 5.74) is 20.8. The van der Waals surface area contributed by atoms with Gasteiger partial charge in [-0.3, -0.25) is 0 Å². The Balaban J connectivity index is 0.000000124. The molecule has 11 heteroatoms. The third kappa shape index (κ3) is 12.5. The van der Waals surface area contributed by atoms with E-state index in [2.05, 4.69) is 264 Å². The van der Waals surface area contributed by atoms with Crippen molar-refractivity contribution in [1.29, 1.82) is 0 Å². The van der Waals surface area contributed by atoms with Gasteiger partial charge in [0.2, 0.25) is 0 Å². The summed E-state index contributed by atoms with van der Waals surface area (Å²) in [6, 6.07) is 125. The number of aromatic amines is 1. The summed E-state index contributed by atoms with van der Waals surface area (Å²) in [6.45, 7) is 0. The Morgan fingerprint density at radius 2 is 0.590 bits per heavy atom. The van der Waals surface area contributed by atoms with E-state index in [4.69, 9.17) is 26.6 Å². The number of H-pyrrole nitrogens is 1. The molecule has 105 heavy (non-hydrogen) atoms. The van der Waals surface area contributed by atoms with Crippen molar-refractivity contribution in [2.24, 2.45) is 0 Å². The zero-order valence-electron chi connectivity index (χ0n) is 56.7. The maximum absolute atomic E-state index is 6.14. The lowest BCUT2D eigenvalue weighted by Gasteiger charge is -2.12. The van der Waals surface area contributed by atoms with Crippen LogP contribution in [0.1, 0.15) is 0 Å². The summed E-state index contributed by atoms with van der Waals surface area (Å²) in [6.07, 6.45) is 4.35. The van der Waals surface area contributed by atoms with Crippen LogP contribution in [0.15, 0.2) is 376 Å². The largest absolute Gasteiger partial charge is 0.354 e. The number of hydrogen-bond acceptors (Lipinski definition) is 6. The number of rotatable bonds is 11. The van der Waals surface area contributed by atoms with Crippen molar-refractivity contribution in [1.82, 2.24) is 48.6 Å². The molecule has 0 saturated carbocycles. The highest BCUT2D eigenvalue weighted by Gasteiger charge is 2.21. The lowest BCUT2D eigenvalue weighted by atomic mass is 10.1. The van der Waals surface area contributed by atoms with Crippen molar-refractivity contribution in [3.63, 3.8) is 0 Å². The predicted molar refractivity (Wildman–Crippen MR) is 432 cm³/mol. The molecule has 6 heterocycles. The van der Waals surface area contributed by atoms with E-state index in [1.54, 1.807) is 0 Å². The molecule has 0 atom stereocenters. The molecule has 0 unspecified atom stereocenters. The number of nitrogens with one attached hydrogen (secondary N) is 1. The number of nitrogens with zero attached hydrogens (tertiary/aromatic N) is 9. The Morgan fingerprint density at radius 1 is 0.229 bits per heavy atom. The average Bonchev–Trinajstić information content (AvgIpc) is 1.56. The number of hydrogen-bond donors (Lipinski definition) is 1. The van der Waals surface area contributed by atoms with Gasteiger partial charge in [-0.15, -0.1) is 0 Å². The van der Waals surface area contributed by atoms with Crippen LogP contribution >= 0.6 is 11.6 Å². The number of para-hydroxylation sites is 2. The van der Waals surface area contributed by atoms with Crippen LogP contribution in [0.5, 0.6) is 0 Å². The molecular weight excluding hydrogens is 1300 g/mol. The molecular formula is C94H63ClN10. The van der Waals surface area contributed by atoms with E-state index in [0.29, 0.717) is 40.0 Å².